The molecule has 0 unspecified atom stereocenters. The summed E-state index contributed by atoms with van der Waals surface area (Å²) in [6, 6.07) is 6.78. The monoisotopic (exact) mass is 246 g/mol. The van der Waals surface area contributed by atoms with Crippen LogP contribution in [0.25, 0.3) is 5.69 Å². The van der Waals surface area contributed by atoms with Crippen LogP contribution in [0.1, 0.15) is 15.9 Å². The molecule has 0 aliphatic heterocycles. The number of rotatable bonds is 2. The number of benzene rings is 1. The third kappa shape index (κ3) is 2.12. The van der Waals surface area contributed by atoms with Crippen molar-refractivity contribution in [1.29, 1.82) is 5.26 Å². The molecule has 2 aromatic rings. The Bertz CT molecular complexity index is 627. The number of halogens is 1. The van der Waals surface area contributed by atoms with Gasteiger partial charge < -0.3 is 5.73 Å². The Kier molecular flexibility index (Phi) is 2.81. The molecule has 84 valence electrons. The summed E-state index contributed by atoms with van der Waals surface area (Å²) < 4.78 is 1.43. The van der Waals surface area contributed by atoms with Gasteiger partial charge in [-0.3, -0.25) is 4.79 Å². The van der Waals surface area contributed by atoms with E-state index in [-0.39, 0.29) is 0 Å². The van der Waals surface area contributed by atoms with E-state index >= 15 is 0 Å². The Hall–Kier alpha value is -2.32. The highest BCUT2D eigenvalue weighted by atomic mass is 35.5. The van der Waals surface area contributed by atoms with Crippen molar-refractivity contribution >= 4 is 17.5 Å². The van der Waals surface area contributed by atoms with Crippen molar-refractivity contribution in [2.45, 2.75) is 0 Å². The van der Waals surface area contributed by atoms with Gasteiger partial charge in [-0.2, -0.15) is 10.4 Å². The van der Waals surface area contributed by atoms with Crippen LogP contribution >= 0.6 is 11.6 Å². The van der Waals surface area contributed by atoms with Gasteiger partial charge in [-0.1, -0.05) is 11.6 Å². The van der Waals surface area contributed by atoms with Crippen LogP contribution in [0.15, 0.2) is 30.6 Å². The van der Waals surface area contributed by atoms with Crippen molar-refractivity contribution < 1.29 is 4.79 Å². The molecule has 0 atom stereocenters. The van der Waals surface area contributed by atoms with Crippen molar-refractivity contribution in [3.8, 4) is 11.8 Å². The fourth-order valence-electron chi connectivity index (χ4n) is 1.34. The first kappa shape index (κ1) is 11.2. The molecule has 0 spiro atoms. The molecular formula is C11H7ClN4O. The maximum Gasteiger partial charge on any atom is 0.251 e. The van der Waals surface area contributed by atoms with Crippen LogP contribution < -0.4 is 5.73 Å². The number of primary amides is 1. The Morgan fingerprint density at radius 1 is 1.53 bits per heavy atom. The average Bonchev–Trinajstić information content (AvgIpc) is 2.78. The zero-order valence-electron chi connectivity index (χ0n) is 8.59. The molecule has 2 N–H and O–H groups in total. The van der Waals surface area contributed by atoms with Crippen molar-refractivity contribution in [1.82, 2.24) is 9.78 Å². The minimum absolute atomic E-state index is 0.297. The van der Waals surface area contributed by atoms with Gasteiger partial charge in [0.05, 0.1) is 34.1 Å². The van der Waals surface area contributed by atoms with E-state index in [9.17, 15) is 4.79 Å². The smallest absolute Gasteiger partial charge is 0.251 e. The maximum absolute atomic E-state index is 10.9. The van der Waals surface area contributed by atoms with Crippen LogP contribution in [0.5, 0.6) is 0 Å². The number of hydrogen-bond acceptors (Lipinski definition) is 3. The predicted octanol–water partition coefficient (Wildman–Crippen LogP) is 1.50. The largest absolute Gasteiger partial charge is 0.366 e. The lowest BCUT2D eigenvalue weighted by atomic mass is 10.2. The summed E-state index contributed by atoms with van der Waals surface area (Å²) in [6.45, 7) is 0. The average molecular weight is 247 g/mol. The van der Waals surface area contributed by atoms with Crippen LogP contribution in [-0.4, -0.2) is 15.7 Å². The molecule has 0 bridgehead atoms. The van der Waals surface area contributed by atoms with Gasteiger partial charge >= 0.3 is 0 Å². The summed E-state index contributed by atoms with van der Waals surface area (Å²) in [4.78, 5) is 10.9. The van der Waals surface area contributed by atoms with Crippen molar-refractivity contribution in [2.75, 3.05) is 0 Å². The van der Waals surface area contributed by atoms with Crippen LogP contribution in [0.4, 0.5) is 0 Å². The Morgan fingerprint density at radius 3 is 2.82 bits per heavy atom. The summed E-state index contributed by atoms with van der Waals surface area (Å²) in [5, 5.41) is 13.1. The summed E-state index contributed by atoms with van der Waals surface area (Å²) in [5.74, 6) is -0.555. The number of nitrogens with two attached hydrogens (primary N) is 1. The molecule has 6 heteroatoms. The fraction of sp³-hybridized carbons (Fsp3) is 0. The predicted molar refractivity (Wildman–Crippen MR) is 61.8 cm³/mol. The Morgan fingerprint density at radius 2 is 2.29 bits per heavy atom. The van der Waals surface area contributed by atoms with Crippen LogP contribution in [-0.2, 0) is 0 Å². The highest BCUT2D eigenvalue weighted by molar-refractivity contribution is 6.32. The van der Waals surface area contributed by atoms with E-state index < -0.39 is 5.91 Å². The zero-order valence-corrected chi connectivity index (χ0v) is 9.35. The summed E-state index contributed by atoms with van der Waals surface area (Å²) in [5.41, 5.74) is 6.46. The maximum atomic E-state index is 10.9. The minimum Gasteiger partial charge on any atom is -0.366 e. The van der Waals surface area contributed by atoms with Gasteiger partial charge in [0.2, 0.25) is 0 Å². The molecule has 0 aliphatic carbocycles. The molecule has 2 rings (SSSR count). The first-order valence-electron chi connectivity index (χ1n) is 4.66. The molecule has 0 aliphatic rings. The van der Waals surface area contributed by atoms with Crippen LogP contribution in [0, 0.1) is 11.3 Å². The Labute approximate surface area is 102 Å². The van der Waals surface area contributed by atoms with Crippen molar-refractivity contribution in [2.24, 2.45) is 5.73 Å². The number of carbonyl (C=O) groups excluding carboxylic acids is 1. The van der Waals surface area contributed by atoms with Gasteiger partial charge in [-0.05, 0) is 18.2 Å². The summed E-state index contributed by atoms with van der Waals surface area (Å²) in [7, 11) is 0. The van der Waals surface area contributed by atoms with Crippen LogP contribution in [0.2, 0.25) is 5.02 Å². The topological polar surface area (TPSA) is 84.7 Å². The molecule has 17 heavy (non-hydrogen) atoms. The number of aromatic nitrogens is 2. The van der Waals surface area contributed by atoms with E-state index in [1.165, 1.54) is 23.1 Å². The summed E-state index contributed by atoms with van der Waals surface area (Å²) >= 11 is 6.00. The lowest BCUT2D eigenvalue weighted by Crippen LogP contribution is -2.09. The number of amides is 1. The van der Waals surface area contributed by atoms with E-state index in [0.717, 1.165) is 0 Å². The van der Waals surface area contributed by atoms with Crippen molar-refractivity contribution in [3.63, 3.8) is 0 Å². The minimum atomic E-state index is -0.555. The van der Waals surface area contributed by atoms with Gasteiger partial charge in [-0.15, -0.1) is 0 Å². The fourth-order valence-corrected chi connectivity index (χ4v) is 1.61. The van der Waals surface area contributed by atoms with Crippen molar-refractivity contribution in [3.05, 3.63) is 46.7 Å². The quantitative estimate of drug-likeness (QED) is 0.871. The van der Waals surface area contributed by atoms with Gasteiger partial charge in [0.25, 0.3) is 5.91 Å². The molecule has 0 fully saturated rings. The molecular weight excluding hydrogens is 240 g/mol. The molecule has 1 aromatic heterocycles. The molecule has 1 amide bonds. The van der Waals surface area contributed by atoms with Gasteiger partial charge in [0.1, 0.15) is 0 Å². The van der Waals surface area contributed by atoms with Gasteiger partial charge in [0, 0.05) is 6.20 Å². The standard InChI is InChI=1S/C11H7ClN4O/c12-9-3-7(4-13)1-2-10(9)16-6-8(5-15-16)11(14)17/h1-3,5-6H,(H2,14,17). The first-order valence-corrected chi connectivity index (χ1v) is 5.04. The number of carbonyl (C=O) groups is 1. The number of nitrogens with zero attached hydrogens (tertiary/aromatic N) is 3. The molecule has 1 aromatic carbocycles. The second kappa shape index (κ2) is 4.28. The first-order chi connectivity index (χ1) is 8.11. The molecule has 0 saturated heterocycles. The van der Waals surface area contributed by atoms with E-state index in [1.807, 2.05) is 6.07 Å². The SMILES string of the molecule is N#Cc1ccc(-n2cc(C(N)=O)cn2)c(Cl)c1. The second-order valence-corrected chi connectivity index (χ2v) is 3.72. The highest BCUT2D eigenvalue weighted by Gasteiger charge is 2.08. The second-order valence-electron chi connectivity index (χ2n) is 3.32. The lowest BCUT2D eigenvalue weighted by Gasteiger charge is -2.03. The molecule has 0 radical (unpaired) electrons. The number of hydrogen-bond donors (Lipinski definition) is 1. The zero-order chi connectivity index (χ0) is 12.4. The van der Waals surface area contributed by atoms with E-state index in [4.69, 9.17) is 22.6 Å². The normalized spacial score (nSPS) is 9.88. The molecule has 0 saturated carbocycles. The molecule has 5 nitrogen and oxygen atoms in total. The van der Waals surface area contributed by atoms with Crippen LogP contribution in [0.3, 0.4) is 0 Å². The third-order valence-electron chi connectivity index (χ3n) is 2.19. The summed E-state index contributed by atoms with van der Waals surface area (Å²) in [6.07, 6.45) is 2.84. The van der Waals surface area contributed by atoms with E-state index in [0.29, 0.717) is 21.8 Å². The molecule has 1 heterocycles. The Balaban J connectivity index is 2.46. The van der Waals surface area contributed by atoms with Gasteiger partial charge in [-0.25, -0.2) is 4.68 Å². The lowest BCUT2D eigenvalue weighted by molar-refractivity contribution is 0.100. The highest BCUT2D eigenvalue weighted by Crippen LogP contribution is 2.21. The van der Waals surface area contributed by atoms with Gasteiger partial charge in [0.15, 0.2) is 0 Å². The van der Waals surface area contributed by atoms with E-state index in [2.05, 4.69) is 5.10 Å². The van der Waals surface area contributed by atoms with E-state index in [1.54, 1.807) is 12.1 Å². The third-order valence-corrected chi connectivity index (χ3v) is 2.49. The number of nitriles is 1.